The summed E-state index contributed by atoms with van der Waals surface area (Å²) in [5.74, 6) is -0.343. The number of hydrogen-bond donors (Lipinski definition) is 2. The number of hydrogen-bond acceptors (Lipinski definition) is 3. The molecule has 0 aliphatic heterocycles. The van der Waals surface area contributed by atoms with Crippen LogP contribution in [0.15, 0.2) is 42.5 Å². The van der Waals surface area contributed by atoms with Gasteiger partial charge in [-0.3, -0.25) is 0 Å². The molecule has 0 spiro atoms. The highest BCUT2D eigenvalue weighted by molar-refractivity contribution is 6.36. The Hall–Kier alpha value is -1.91. The smallest absolute Gasteiger partial charge is 0.335 e. The molecule has 2 aromatic carbocycles. The summed E-state index contributed by atoms with van der Waals surface area (Å²) in [5, 5.41) is 13.1. The molecule has 2 rings (SSSR count). The van der Waals surface area contributed by atoms with Crippen LogP contribution in [-0.4, -0.2) is 24.2 Å². The zero-order valence-electron chi connectivity index (χ0n) is 11.0. The Morgan fingerprint density at radius 1 is 1.14 bits per heavy atom. The van der Waals surface area contributed by atoms with Crippen LogP contribution in [0, 0.1) is 0 Å². The summed E-state index contributed by atoms with van der Waals surface area (Å²) in [4.78, 5) is 10.7. The predicted octanol–water partition coefficient (Wildman–Crippen LogP) is 4.18. The summed E-state index contributed by atoms with van der Waals surface area (Å²) < 4.78 is 5.50. The third-order valence-corrected chi connectivity index (χ3v) is 3.27. The molecule has 2 aromatic rings. The molecular formula is C15H13Cl2NO3. The maximum atomic E-state index is 10.7. The first-order valence-corrected chi connectivity index (χ1v) is 6.97. The van der Waals surface area contributed by atoms with Crippen molar-refractivity contribution in [3.05, 3.63) is 58.1 Å². The molecule has 21 heavy (non-hydrogen) atoms. The zero-order valence-corrected chi connectivity index (χ0v) is 12.5. The Bertz CT molecular complexity index is 629. The first-order valence-electron chi connectivity index (χ1n) is 6.21. The Labute approximate surface area is 132 Å². The first kappa shape index (κ1) is 15.5. The van der Waals surface area contributed by atoms with Gasteiger partial charge in [0.25, 0.3) is 0 Å². The number of rotatable bonds is 6. The largest absolute Gasteiger partial charge is 0.492 e. The van der Waals surface area contributed by atoms with Gasteiger partial charge in [0.05, 0.1) is 16.3 Å². The minimum atomic E-state index is -0.958. The maximum Gasteiger partial charge on any atom is 0.335 e. The van der Waals surface area contributed by atoms with Crippen molar-refractivity contribution in [2.75, 3.05) is 18.5 Å². The molecule has 0 unspecified atom stereocenters. The average molecular weight is 326 g/mol. The molecular weight excluding hydrogens is 313 g/mol. The second kappa shape index (κ2) is 7.20. The van der Waals surface area contributed by atoms with Gasteiger partial charge in [0.15, 0.2) is 0 Å². The van der Waals surface area contributed by atoms with Crippen molar-refractivity contribution in [1.29, 1.82) is 0 Å². The molecule has 0 amide bonds. The number of ether oxygens (including phenoxy) is 1. The van der Waals surface area contributed by atoms with E-state index in [0.29, 0.717) is 28.9 Å². The Balaban J connectivity index is 1.80. The predicted molar refractivity (Wildman–Crippen MR) is 83.8 cm³/mol. The van der Waals surface area contributed by atoms with E-state index in [2.05, 4.69) is 5.32 Å². The van der Waals surface area contributed by atoms with Crippen LogP contribution in [0.2, 0.25) is 10.0 Å². The number of carboxylic acids is 1. The molecule has 0 aliphatic rings. The summed E-state index contributed by atoms with van der Waals surface area (Å²) in [7, 11) is 0. The van der Waals surface area contributed by atoms with E-state index >= 15 is 0 Å². The van der Waals surface area contributed by atoms with Crippen molar-refractivity contribution in [3.63, 3.8) is 0 Å². The number of benzene rings is 2. The van der Waals surface area contributed by atoms with E-state index in [1.165, 1.54) is 12.1 Å². The van der Waals surface area contributed by atoms with E-state index in [-0.39, 0.29) is 5.56 Å². The van der Waals surface area contributed by atoms with Gasteiger partial charge in [0, 0.05) is 11.6 Å². The summed E-state index contributed by atoms with van der Waals surface area (Å²) in [5.41, 5.74) is 1.01. The number of carbonyl (C=O) groups is 1. The van der Waals surface area contributed by atoms with Gasteiger partial charge in [-0.05, 0) is 42.5 Å². The van der Waals surface area contributed by atoms with Gasteiger partial charge < -0.3 is 15.2 Å². The number of carboxylic acid groups (broad SMARTS) is 1. The molecule has 0 bridgehead atoms. The van der Waals surface area contributed by atoms with Gasteiger partial charge in [0.1, 0.15) is 12.4 Å². The van der Waals surface area contributed by atoms with Gasteiger partial charge >= 0.3 is 5.97 Å². The average Bonchev–Trinajstić information content (AvgIpc) is 2.46. The van der Waals surface area contributed by atoms with Gasteiger partial charge in [-0.15, -0.1) is 0 Å². The molecule has 0 atom stereocenters. The highest BCUT2D eigenvalue weighted by Gasteiger charge is 2.03. The van der Waals surface area contributed by atoms with E-state index in [1.807, 2.05) is 0 Å². The molecule has 0 heterocycles. The molecule has 6 heteroatoms. The van der Waals surface area contributed by atoms with Gasteiger partial charge in [-0.2, -0.15) is 0 Å². The number of aromatic carboxylic acids is 1. The molecule has 0 aliphatic carbocycles. The third-order valence-electron chi connectivity index (χ3n) is 2.72. The summed E-state index contributed by atoms with van der Waals surface area (Å²) >= 11 is 11.8. The molecule has 0 aromatic heterocycles. The van der Waals surface area contributed by atoms with Gasteiger partial charge in [0.2, 0.25) is 0 Å². The number of halogens is 2. The van der Waals surface area contributed by atoms with Crippen LogP contribution in [0.5, 0.6) is 5.75 Å². The van der Waals surface area contributed by atoms with Crippen molar-refractivity contribution in [2.24, 2.45) is 0 Å². The zero-order chi connectivity index (χ0) is 15.2. The lowest BCUT2D eigenvalue weighted by molar-refractivity contribution is 0.0697. The second-order valence-corrected chi connectivity index (χ2v) is 5.07. The van der Waals surface area contributed by atoms with Crippen LogP contribution < -0.4 is 10.1 Å². The van der Waals surface area contributed by atoms with E-state index < -0.39 is 5.97 Å². The lowest BCUT2D eigenvalue weighted by Crippen LogP contribution is -2.11. The minimum absolute atomic E-state index is 0.230. The fraction of sp³-hybridized carbons (Fsp3) is 0.133. The molecule has 0 fully saturated rings. The van der Waals surface area contributed by atoms with Crippen molar-refractivity contribution in [2.45, 2.75) is 0 Å². The highest BCUT2D eigenvalue weighted by atomic mass is 35.5. The number of nitrogens with one attached hydrogen (secondary N) is 1. The van der Waals surface area contributed by atoms with E-state index in [9.17, 15) is 4.79 Å². The van der Waals surface area contributed by atoms with Crippen LogP contribution in [0.25, 0.3) is 0 Å². The van der Waals surface area contributed by atoms with Gasteiger partial charge in [-0.25, -0.2) is 4.79 Å². The first-order chi connectivity index (χ1) is 10.1. The topological polar surface area (TPSA) is 58.6 Å². The standard InChI is InChI=1S/C15H13Cl2NO3/c16-11-3-6-14(13(17)9-11)18-7-8-21-12-4-1-10(2-5-12)15(19)20/h1-6,9,18H,7-8H2,(H,19,20). The lowest BCUT2D eigenvalue weighted by atomic mass is 10.2. The highest BCUT2D eigenvalue weighted by Crippen LogP contribution is 2.25. The second-order valence-electron chi connectivity index (χ2n) is 4.23. The quantitative estimate of drug-likeness (QED) is 0.782. The van der Waals surface area contributed by atoms with Crippen LogP contribution in [0.1, 0.15) is 10.4 Å². The van der Waals surface area contributed by atoms with Crippen molar-refractivity contribution < 1.29 is 14.6 Å². The maximum absolute atomic E-state index is 10.7. The molecule has 0 saturated carbocycles. The molecule has 2 N–H and O–H groups in total. The van der Waals surface area contributed by atoms with Crippen LogP contribution in [0.4, 0.5) is 5.69 Å². The van der Waals surface area contributed by atoms with Crippen molar-refractivity contribution in [1.82, 2.24) is 0 Å². The molecule has 0 saturated heterocycles. The summed E-state index contributed by atoms with van der Waals surface area (Å²) in [6, 6.07) is 11.5. The van der Waals surface area contributed by atoms with Gasteiger partial charge in [-0.1, -0.05) is 23.2 Å². The monoisotopic (exact) mass is 325 g/mol. The third kappa shape index (κ3) is 4.55. The fourth-order valence-electron chi connectivity index (χ4n) is 1.68. The normalized spacial score (nSPS) is 10.2. The van der Waals surface area contributed by atoms with E-state index in [0.717, 1.165) is 5.69 Å². The molecule has 110 valence electrons. The minimum Gasteiger partial charge on any atom is -0.492 e. The Morgan fingerprint density at radius 3 is 2.48 bits per heavy atom. The van der Waals surface area contributed by atoms with E-state index in [4.69, 9.17) is 33.0 Å². The SMILES string of the molecule is O=C(O)c1ccc(OCCNc2ccc(Cl)cc2Cl)cc1. The van der Waals surface area contributed by atoms with Crippen LogP contribution in [-0.2, 0) is 0 Å². The van der Waals surface area contributed by atoms with Crippen molar-refractivity contribution >= 4 is 34.9 Å². The van der Waals surface area contributed by atoms with Crippen LogP contribution in [0.3, 0.4) is 0 Å². The summed E-state index contributed by atoms with van der Waals surface area (Å²) in [6.45, 7) is 0.980. The number of anilines is 1. The molecule has 4 nitrogen and oxygen atoms in total. The van der Waals surface area contributed by atoms with E-state index in [1.54, 1.807) is 30.3 Å². The van der Waals surface area contributed by atoms with Crippen LogP contribution >= 0.6 is 23.2 Å². The summed E-state index contributed by atoms with van der Waals surface area (Å²) in [6.07, 6.45) is 0. The molecule has 0 radical (unpaired) electrons. The Morgan fingerprint density at radius 2 is 1.86 bits per heavy atom. The Kier molecular flexibility index (Phi) is 5.31. The van der Waals surface area contributed by atoms with Crippen molar-refractivity contribution in [3.8, 4) is 5.75 Å². The fourth-order valence-corrected chi connectivity index (χ4v) is 2.16. The lowest BCUT2D eigenvalue weighted by Gasteiger charge is -2.10.